The lowest BCUT2D eigenvalue weighted by atomic mass is 10.2. The van der Waals surface area contributed by atoms with Gasteiger partial charge in [0, 0.05) is 23.3 Å². The standard InChI is InChI=1S/C16H16BrN3O2.2ClH/c17-11-3-1-4-13(9-11)22-16-14(5-2-7-19-16)15(21)20-12-6-8-18-10-12;;/h1-5,7,9,12,18H,6,8,10H2,(H,20,21);2*1H. The van der Waals surface area contributed by atoms with E-state index >= 15 is 0 Å². The molecule has 1 aliphatic heterocycles. The SMILES string of the molecule is Cl.Cl.O=C(NC1CCNC1)c1cccnc1Oc1cccc(Br)c1. The second-order valence-corrected chi connectivity index (χ2v) is 5.99. The molecular weight excluding hydrogens is 417 g/mol. The van der Waals surface area contributed by atoms with Crippen LogP contribution in [0.5, 0.6) is 11.6 Å². The van der Waals surface area contributed by atoms with Gasteiger partial charge in [-0.15, -0.1) is 24.8 Å². The molecule has 5 nitrogen and oxygen atoms in total. The number of ether oxygens (including phenoxy) is 1. The summed E-state index contributed by atoms with van der Waals surface area (Å²) in [6.45, 7) is 1.73. The molecule has 2 aromatic rings. The summed E-state index contributed by atoms with van der Waals surface area (Å²) in [5.74, 6) is 0.778. The zero-order valence-electron chi connectivity index (χ0n) is 12.7. The Hall–Kier alpha value is -1.34. The maximum atomic E-state index is 12.4. The molecule has 1 aromatic heterocycles. The van der Waals surface area contributed by atoms with Crippen LogP contribution in [0.4, 0.5) is 0 Å². The van der Waals surface area contributed by atoms with Gasteiger partial charge in [-0.25, -0.2) is 4.98 Å². The van der Waals surface area contributed by atoms with Gasteiger partial charge in [0.25, 0.3) is 5.91 Å². The summed E-state index contributed by atoms with van der Waals surface area (Å²) < 4.78 is 6.66. The van der Waals surface area contributed by atoms with Gasteiger partial charge in [0.1, 0.15) is 11.3 Å². The molecule has 1 unspecified atom stereocenters. The maximum absolute atomic E-state index is 12.4. The van der Waals surface area contributed by atoms with Crippen LogP contribution >= 0.6 is 40.7 Å². The number of amides is 1. The van der Waals surface area contributed by atoms with Gasteiger partial charge in [0.15, 0.2) is 0 Å². The zero-order chi connectivity index (χ0) is 15.4. The molecule has 2 N–H and O–H groups in total. The first-order valence-electron chi connectivity index (χ1n) is 7.12. The molecule has 1 fully saturated rings. The number of pyridine rings is 1. The van der Waals surface area contributed by atoms with E-state index in [4.69, 9.17) is 4.74 Å². The van der Waals surface area contributed by atoms with E-state index in [9.17, 15) is 4.79 Å². The van der Waals surface area contributed by atoms with Crippen molar-refractivity contribution in [3.8, 4) is 11.6 Å². The molecule has 0 saturated carbocycles. The summed E-state index contributed by atoms with van der Waals surface area (Å²) >= 11 is 3.39. The second kappa shape index (κ2) is 9.84. The van der Waals surface area contributed by atoms with Crippen molar-refractivity contribution in [2.24, 2.45) is 0 Å². The number of hydrogen-bond acceptors (Lipinski definition) is 4. The van der Waals surface area contributed by atoms with E-state index in [1.165, 1.54) is 0 Å². The van der Waals surface area contributed by atoms with Gasteiger partial charge in [0.2, 0.25) is 5.88 Å². The number of aromatic nitrogens is 1. The Kier molecular flexibility index (Phi) is 8.48. The summed E-state index contributed by atoms with van der Waals surface area (Å²) in [5.41, 5.74) is 0.439. The molecule has 130 valence electrons. The predicted molar refractivity (Wildman–Crippen MR) is 102 cm³/mol. The number of nitrogens with zero attached hydrogens (tertiary/aromatic N) is 1. The van der Waals surface area contributed by atoms with Crippen LogP contribution in [0.15, 0.2) is 47.1 Å². The molecule has 1 saturated heterocycles. The van der Waals surface area contributed by atoms with E-state index < -0.39 is 0 Å². The molecule has 1 aromatic carbocycles. The first kappa shape index (κ1) is 20.7. The summed E-state index contributed by atoms with van der Waals surface area (Å²) in [5, 5.41) is 6.23. The summed E-state index contributed by atoms with van der Waals surface area (Å²) in [7, 11) is 0. The Morgan fingerprint density at radius 1 is 1.29 bits per heavy atom. The van der Waals surface area contributed by atoms with Crippen LogP contribution in [0.25, 0.3) is 0 Å². The number of carbonyl (C=O) groups excluding carboxylic acids is 1. The summed E-state index contributed by atoms with van der Waals surface area (Å²) in [6.07, 6.45) is 2.55. The van der Waals surface area contributed by atoms with Crippen molar-refractivity contribution in [1.82, 2.24) is 15.6 Å². The van der Waals surface area contributed by atoms with Gasteiger partial charge >= 0.3 is 0 Å². The molecule has 3 rings (SSSR count). The Balaban J connectivity index is 0.00000144. The molecule has 0 radical (unpaired) electrons. The van der Waals surface area contributed by atoms with E-state index in [1.54, 1.807) is 18.3 Å². The first-order chi connectivity index (χ1) is 10.7. The fraction of sp³-hybridized carbons (Fsp3) is 0.250. The number of nitrogens with one attached hydrogen (secondary N) is 2. The minimum Gasteiger partial charge on any atom is -0.438 e. The van der Waals surface area contributed by atoms with Crippen molar-refractivity contribution in [2.45, 2.75) is 12.5 Å². The van der Waals surface area contributed by atoms with Gasteiger partial charge in [0.05, 0.1) is 0 Å². The zero-order valence-corrected chi connectivity index (χ0v) is 15.9. The van der Waals surface area contributed by atoms with Crippen LogP contribution in [0.2, 0.25) is 0 Å². The van der Waals surface area contributed by atoms with Crippen molar-refractivity contribution in [1.29, 1.82) is 0 Å². The predicted octanol–water partition coefficient (Wildman–Crippen LogP) is 3.57. The van der Waals surface area contributed by atoms with Crippen LogP contribution < -0.4 is 15.4 Å². The number of carbonyl (C=O) groups is 1. The van der Waals surface area contributed by atoms with Crippen LogP contribution in [-0.4, -0.2) is 30.0 Å². The summed E-state index contributed by atoms with van der Waals surface area (Å²) in [4.78, 5) is 16.6. The molecule has 0 spiro atoms. The molecule has 0 aliphatic carbocycles. The molecule has 24 heavy (non-hydrogen) atoms. The quantitative estimate of drug-likeness (QED) is 0.771. The van der Waals surface area contributed by atoms with Gasteiger partial charge in [-0.2, -0.15) is 0 Å². The van der Waals surface area contributed by atoms with Gasteiger partial charge in [-0.3, -0.25) is 4.79 Å². The lowest BCUT2D eigenvalue weighted by Gasteiger charge is -2.13. The molecule has 8 heteroatoms. The number of halogens is 3. The third-order valence-electron chi connectivity index (χ3n) is 3.42. The fourth-order valence-corrected chi connectivity index (χ4v) is 2.71. The average molecular weight is 435 g/mol. The van der Waals surface area contributed by atoms with Gasteiger partial charge < -0.3 is 15.4 Å². The monoisotopic (exact) mass is 433 g/mol. The minimum absolute atomic E-state index is 0. The van der Waals surface area contributed by atoms with Gasteiger partial charge in [-0.1, -0.05) is 22.0 Å². The van der Waals surface area contributed by atoms with Crippen molar-refractivity contribution < 1.29 is 9.53 Å². The molecular formula is C16H18BrCl2N3O2. The topological polar surface area (TPSA) is 63.2 Å². The maximum Gasteiger partial charge on any atom is 0.257 e. The van der Waals surface area contributed by atoms with E-state index in [1.807, 2.05) is 24.3 Å². The van der Waals surface area contributed by atoms with Crippen molar-refractivity contribution >= 4 is 46.7 Å². The largest absolute Gasteiger partial charge is 0.438 e. The Labute approximate surface area is 161 Å². The van der Waals surface area contributed by atoms with Crippen molar-refractivity contribution in [2.75, 3.05) is 13.1 Å². The normalized spacial score (nSPS) is 15.8. The third kappa shape index (κ3) is 5.34. The smallest absolute Gasteiger partial charge is 0.257 e. The summed E-state index contributed by atoms with van der Waals surface area (Å²) in [6, 6.07) is 11.0. The fourth-order valence-electron chi connectivity index (χ4n) is 2.33. The Bertz CT molecular complexity index is 682. The van der Waals surface area contributed by atoms with Crippen molar-refractivity contribution in [3.05, 3.63) is 52.6 Å². The third-order valence-corrected chi connectivity index (χ3v) is 3.92. The van der Waals surface area contributed by atoms with Crippen LogP contribution in [0.1, 0.15) is 16.8 Å². The lowest BCUT2D eigenvalue weighted by molar-refractivity contribution is 0.0937. The van der Waals surface area contributed by atoms with E-state index in [0.29, 0.717) is 17.2 Å². The van der Waals surface area contributed by atoms with Gasteiger partial charge in [-0.05, 0) is 43.3 Å². The average Bonchev–Trinajstić information content (AvgIpc) is 3.01. The van der Waals surface area contributed by atoms with E-state index in [0.717, 1.165) is 24.0 Å². The highest BCUT2D eigenvalue weighted by Crippen LogP contribution is 2.25. The first-order valence-corrected chi connectivity index (χ1v) is 7.92. The second-order valence-electron chi connectivity index (χ2n) is 5.08. The number of rotatable bonds is 4. The molecule has 2 heterocycles. The number of hydrogen-bond donors (Lipinski definition) is 2. The molecule has 0 bridgehead atoms. The highest BCUT2D eigenvalue weighted by atomic mass is 79.9. The van der Waals surface area contributed by atoms with Crippen LogP contribution in [0.3, 0.4) is 0 Å². The lowest BCUT2D eigenvalue weighted by Crippen LogP contribution is -2.36. The van der Waals surface area contributed by atoms with Crippen molar-refractivity contribution in [3.63, 3.8) is 0 Å². The van der Waals surface area contributed by atoms with E-state index in [-0.39, 0.29) is 36.8 Å². The highest BCUT2D eigenvalue weighted by Gasteiger charge is 2.20. The number of benzene rings is 1. The van der Waals surface area contributed by atoms with Crippen LogP contribution in [0, 0.1) is 0 Å². The van der Waals surface area contributed by atoms with Crippen LogP contribution in [-0.2, 0) is 0 Å². The molecule has 1 amide bonds. The molecule has 1 atom stereocenters. The minimum atomic E-state index is -0.160. The van der Waals surface area contributed by atoms with E-state index in [2.05, 4.69) is 31.5 Å². The Morgan fingerprint density at radius 3 is 2.83 bits per heavy atom. The Morgan fingerprint density at radius 2 is 2.12 bits per heavy atom. The molecule has 1 aliphatic rings. The highest BCUT2D eigenvalue weighted by molar-refractivity contribution is 9.10.